The van der Waals surface area contributed by atoms with Crippen LogP contribution in [0, 0.1) is 20.2 Å². The van der Waals surface area contributed by atoms with Crippen molar-refractivity contribution in [2.24, 2.45) is 5.16 Å². The van der Waals surface area contributed by atoms with Crippen LogP contribution in [0.5, 0.6) is 0 Å². The van der Waals surface area contributed by atoms with E-state index in [4.69, 9.17) is 4.84 Å². The third-order valence-corrected chi connectivity index (χ3v) is 5.55. The van der Waals surface area contributed by atoms with Gasteiger partial charge < -0.3 is 5.32 Å². The van der Waals surface area contributed by atoms with E-state index in [1.165, 1.54) is 18.6 Å². The molecule has 2 aliphatic carbocycles. The van der Waals surface area contributed by atoms with Crippen molar-refractivity contribution in [3.63, 3.8) is 0 Å². The minimum absolute atomic E-state index is 0.0920. The van der Waals surface area contributed by atoms with Crippen LogP contribution in [0.4, 0.5) is 16.2 Å². The van der Waals surface area contributed by atoms with Crippen LogP contribution in [-0.4, -0.2) is 27.7 Å². The maximum atomic E-state index is 12.1. The van der Waals surface area contributed by atoms with Gasteiger partial charge in [0, 0.05) is 23.6 Å². The first-order valence-corrected chi connectivity index (χ1v) is 9.92. The minimum atomic E-state index is -0.661. The fourth-order valence-corrected chi connectivity index (χ4v) is 4.08. The van der Waals surface area contributed by atoms with Gasteiger partial charge in [-0.25, -0.2) is 4.79 Å². The zero-order valence-electron chi connectivity index (χ0n) is 16.0. The first-order chi connectivity index (χ1) is 14.0. The molecule has 1 aromatic rings. The number of rotatable bonds is 5. The van der Waals surface area contributed by atoms with Gasteiger partial charge in [0.2, 0.25) is 0 Å². The number of benzene rings is 1. The molecule has 3 rings (SSSR count). The Hall–Kier alpha value is -3.04. The smallest absolute Gasteiger partial charge is 0.317 e. The lowest BCUT2D eigenvalue weighted by atomic mass is 9.81. The van der Waals surface area contributed by atoms with Crippen LogP contribution in [0.3, 0.4) is 0 Å². The lowest BCUT2D eigenvalue weighted by Crippen LogP contribution is -2.36. The van der Waals surface area contributed by atoms with Crippen molar-refractivity contribution in [3.8, 4) is 0 Å². The molecule has 0 spiro atoms. The molecule has 1 unspecified atom stereocenters. The second-order valence-electron chi connectivity index (χ2n) is 7.50. The molecule has 156 valence electrons. The second-order valence-corrected chi connectivity index (χ2v) is 7.50. The second kappa shape index (κ2) is 9.44. The van der Waals surface area contributed by atoms with Crippen LogP contribution in [-0.2, 0) is 4.84 Å². The van der Waals surface area contributed by atoms with Gasteiger partial charge in [0.15, 0.2) is 0 Å². The Morgan fingerprint density at radius 2 is 1.76 bits per heavy atom. The Labute approximate surface area is 167 Å². The predicted molar refractivity (Wildman–Crippen MR) is 105 cm³/mol. The highest BCUT2D eigenvalue weighted by atomic mass is 16.7. The van der Waals surface area contributed by atoms with Gasteiger partial charge in [0.25, 0.3) is 11.4 Å². The maximum absolute atomic E-state index is 12.1. The molecule has 2 aliphatic rings. The summed E-state index contributed by atoms with van der Waals surface area (Å²) in [6, 6.07) is 3.72. The first-order valence-electron chi connectivity index (χ1n) is 9.92. The van der Waals surface area contributed by atoms with E-state index in [1.807, 2.05) is 0 Å². The molecule has 10 heteroatoms. The summed E-state index contributed by atoms with van der Waals surface area (Å²) in [6.07, 6.45) is 7.37. The van der Waals surface area contributed by atoms with Crippen LogP contribution in [0.15, 0.2) is 23.4 Å². The molecule has 0 heterocycles. The van der Waals surface area contributed by atoms with Crippen molar-refractivity contribution >= 4 is 23.2 Å². The minimum Gasteiger partial charge on any atom is -0.317 e. The highest BCUT2D eigenvalue weighted by Crippen LogP contribution is 2.37. The van der Waals surface area contributed by atoms with Gasteiger partial charge in [-0.05, 0) is 38.2 Å². The number of oxime groups is 1. The number of non-ortho nitro benzene ring substituents is 1. The average molecular weight is 404 g/mol. The van der Waals surface area contributed by atoms with Crippen molar-refractivity contribution in [1.29, 1.82) is 0 Å². The van der Waals surface area contributed by atoms with Gasteiger partial charge in [0.05, 0.1) is 21.6 Å². The molecule has 1 N–H and O–H groups in total. The number of nitro benzene ring substituents is 2. The van der Waals surface area contributed by atoms with Crippen LogP contribution in [0.25, 0.3) is 0 Å². The van der Waals surface area contributed by atoms with E-state index in [-0.39, 0.29) is 17.4 Å². The van der Waals surface area contributed by atoms with Gasteiger partial charge in [-0.3, -0.25) is 25.1 Å². The van der Waals surface area contributed by atoms with Crippen molar-refractivity contribution < 1.29 is 19.5 Å². The molecule has 0 radical (unpaired) electrons. The summed E-state index contributed by atoms with van der Waals surface area (Å²) in [5.41, 5.74) is 0.255. The van der Waals surface area contributed by atoms with E-state index in [2.05, 4.69) is 10.5 Å². The molecule has 0 aromatic heterocycles. The molecule has 29 heavy (non-hydrogen) atoms. The standard InChI is InChI=1S/C19H24N4O6/c24-19(20-13-6-2-1-3-7-13)29-21-17-9-5-4-8-15(17)16-11-10-14(22(25)26)12-18(16)23(27)28/h10-13,15H,1-9H2,(H,20,24)/b21-17-. The summed E-state index contributed by atoms with van der Waals surface area (Å²) < 4.78 is 0. The number of nitro groups is 2. The molecule has 0 saturated heterocycles. The summed E-state index contributed by atoms with van der Waals surface area (Å²) >= 11 is 0. The molecule has 0 aliphatic heterocycles. The lowest BCUT2D eigenvalue weighted by Gasteiger charge is -2.24. The number of nitrogens with one attached hydrogen (secondary N) is 1. The Morgan fingerprint density at radius 3 is 2.45 bits per heavy atom. The Kier molecular flexibility index (Phi) is 6.73. The number of hydrogen-bond acceptors (Lipinski definition) is 7. The third-order valence-electron chi connectivity index (χ3n) is 5.55. The van der Waals surface area contributed by atoms with Crippen LogP contribution in [0.2, 0.25) is 0 Å². The van der Waals surface area contributed by atoms with Gasteiger partial charge in [0.1, 0.15) is 0 Å². The molecule has 2 fully saturated rings. The fraction of sp³-hybridized carbons (Fsp3) is 0.579. The molecule has 1 aromatic carbocycles. The van der Waals surface area contributed by atoms with E-state index in [0.717, 1.165) is 44.6 Å². The van der Waals surface area contributed by atoms with Gasteiger partial charge in [-0.15, -0.1) is 0 Å². The predicted octanol–water partition coefficient (Wildman–Crippen LogP) is 4.58. The average Bonchev–Trinajstić information content (AvgIpc) is 2.72. The zero-order chi connectivity index (χ0) is 20.8. The molecule has 1 atom stereocenters. The summed E-state index contributed by atoms with van der Waals surface area (Å²) in [5.74, 6) is -0.410. The molecule has 1 amide bonds. The summed E-state index contributed by atoms with van der Waals surface area (Å²) in [5, 5.41) is 29.3. The monoisotopic (exact) mass is 404 g/mol. The van der Waals surface area contributed by atoms with Gasteiger partial charge >= 0.3 is 6.09 Å². The molecule has 0 bridgehead atoms. The van der Waals surface area contributed by atoms with E-state index in [0.29, 0.717) is 24.1 Å². The number of nitrogens with zero attached hydrogens (tertiary/aromatic N) is 3. The first kappa shape index (κ1) is 20.7. The maximum Gasteiger partial charge on any atom is 0.433 e. The highest BCUT2D eigenvalue weighted by molar-refractivity contribution is 5.92. The lowest BCUT2D eigenvalue weighted by molar-refractivity contribution is -0.394. The van der Waals surface area contributed by atoms with Crippen molar-refractivity contribution in [2.45, 2.75) is 69.7 Å². The normalized spacial score (nSPS) is 21.5. The molecular formula is C19H24N4O6. The largest absolute Gasteiger partial charge is 0.433 e. The number of carbonyl (C=O) groups is 1. The van der Waals surface area contributed by atoms with E-state index < -0.39 is 21.9 Å². The topological polar surface area (TPSA) is 137 Å². The third kappa shape index (κ3) is 5.27. The molecular weight excluding hydrogens is 380 g/mol. The fourth-order valence-electron chi connectivity index (χ4n) is 4.08. The zero-order valence-corrected chi connectivity index (χ0v) is 16.0. The molecule has 10 nitrogen and oxygen atoms in total. The van der Waals surface area contributed by atoms with E-state index >= 15 is 0 Å². The quantitative estimate of drug-likeness (QED) is 0.433. The SMILES string of the molecule is O=C(NC1CCCCC1)O/N=C1/CCCCC1c1ccc([N+](=O)[O-])cc1[N+](=O)[O-]. The Balaban J connectivity index is 1.77. The summed E-state index contributed by atoms with van der Waals surface area (Å²) in [6.45, 7) is 0. The van der Waals surface area contributed by atoms with E-state index in [9.17, 15) is 25.0 Å². The number of amides is 1. The van der Waals surface area contributed by atoms with Crippen molar-refractivity contribution in [1.82, 2.24) is 5.32 Å². The van der Waals surface area contributed by atoms with Crippen LogP contribution in [0.1, 0.15) is 69.3 Å². The van der Waals surface area contributed by atoms with Crippen LogP contribution >= 0.6 is 0 Å². The van der Waals surface area contributed by atoms with E-state index in [1.54, 1.807) is 0 Å². The Bertz CT molecular complexity index is 819. The van der Waals surface area contributed by atoms with Crippen molar-refractivity contribution in [3.05, 3.63) is 44.0 Å². The molecule has 2 saturated carbocycles. The Morgan fingerprint density at radius 1 is 1.03 bits per heavy atom. The van der Waals surface area contributed by atoms with Crippen molar-refractivity contribution in [2.75, 3.05) is 0 Å². The van der Waals surface area contributed by atoms with Gasteiger partial charge in [-0.1, -0.05) is 30.8 Å². The summed E-state index contributed by atoms with van der Waals surface area (Å²) in [4.78, 5) is 38.3. The summed E-state index contributed by atoms with van der Waals surface area (Å²) in [7, 11) is 0. The van der Waals surface area contributed by atoms with Gasteiger partial charge in [-0.2, -0.15) is 0 Å². The number of hydrogen-bond donors (Lipinski definition) is 1. The number of carbonyl (C=O) groups excluding carboxylic acids is 1. The highest BCUT2D eigenvalue weighted by Gasteiger charge is 2.31. The van der Waals surface area contributed by atoms with Crippen LogP contribution < -0.4 is 5.32 Å².